The SMILES string of the molecule is Cc1nn(-c2ccccc2)c(C)c1C(=O)OC/C(O)=C(\C#N)c1nc2ccccc2[nH]1. The van der Waals surface area contributed by atoms with E-state index in [-0.39, 0.29) is 17.2 Å². The highest BCUT2D eigenvalue weighted by atomic mass is 16.5. The van der Waals surface area contributed by atoms with E-state index in [4.69, 9.17) is 4.74 Å². The van der Waals surface area contributed by atoms with Crippen LogP contribution in [0.2, 0.25) is 0 Å². The van der Waals surface area contributed by atoms with Crippen molar-refractivity contribution in [1.82, 2.24) is 19.7 Å². The number of ether oxygens (including phenoxy) is 1. The van der Waals surface area contributed by atoms with Crippen molar-refractivity contribution in [2.75, 3.05) is 6.61 Å². The number of fused-ring (bicyclic) bond motifs is 1. The van der Waals surface area contributed by atoms with Crippen LogP contribution in [0, 0.1) is 25.2 Å². The fourth-order valence-corrected chi connectivity index (χ4v) is 3.36. The number of aromatic amines is 1. The zero-order valence-corrected chi connectivity index (χ0v) is 17.0. The van der Waals surface area contributed by atoms with Gasteiger partial charge >= 0.3 is 5.97 Å². The number of carbonyl (C=O) groups is 1. The molecule has 0 aliphatic heterocycles. The predicted octanol–water partition coefficient (Wildman–Crippen LogP) is 4.02. The van der Waals surface area contributed by atoms with Gasteiger partial charge in [0.25, 0.3) is 0 Å². The number of H-pyrrole nitrogens is 1. The predicted molar refractivity (Wildman–Crippen MR) is 115 cm³/mol. The number of aliphatic hydroxyl groups is 1. The van der Waals surface area contributed by atoms with Gasteiger partial charge in [0, 0.05) is 0 Å². The molecule has 0 bridgehead atoms. The van der Waals surface area contributed by atoms with Gasteiger partial charge in [0.2, 0.25) is 0 Å². The van der Waals surface area contributed by atoms with Crippen LogP contribution in [0.3, 0.4) is 0 Å². The quantitative estimate of drug-likeness (QED) is 0.290. The molecular formula is C23H19N5O3. The monoisotopic (exact) mass is 413 g/mol. The summed E-state index contributed by atoms with van der Waals surface area (Å²) in [5.41, 5.74) is 3.57. The maximum absolute atomic E-state index is 12.7. The molecule has 0 saturated carbocycles. The summed E-state index contributed by atoms with van der Waals surface area (Å²) in [6, 6.07) is 18.6. The first kappa shape index (κ1) is 19.9. The minimum atomic E-state index is -0.634. The van der Waals surface area contributed by atoms with E-state index in [1.807, 2.05) is 54.6 Å². The summed E-state index contributed by atoms with van der Waals surface area (Å²) >= 11 is 0. The Morgan fingerprint density at radius 2 is 1.87 bits per heavy atom. The van der Waals surface area contributed by atoms with E-state index in [1.165, 1.54) is 0 Å². The van der Waals surface area contributed by atoms with E-state index in [2.05, 4.69) is 15.1 Å². The first-order valence-corrected chi connectivity index (χ1v) is 9.55. The van der Waals surface area contributed by atoms with Crippen LogP contribution in [-0.4, -0.2) is 37.4 Å². The number of carbonyl (C=O) groups excluding carboxylic acids is 1. The van der Waals surface area contributed by atoms with Crippen LogP contribution in [0.15, 0.2) is 60.4 Å². The number of para-hydroxylation sites is 3. The number of aromatic nitrogens is 4. The van der Waals surface area contributed by atoms with Crippen molar-refractivity contribution >= 4 is 22.6 Å². The number of esters is 1. The van der Waals surface area contributed by atoms with Crippen LogP contribution in [0.25, 0.3) is 22.3 Å². The number of nitrogens with one attached hydrogen (secondary N) is 1. The fraction of sp³-hybridized carbons (Fsp3) is 0.130. The molecule has 8 heteroatoms. The van der Waals surface area contributed by atoms with Crippen molar-refractivity contribution in [1.29, 1.82) is 5.26 Å². The Morgan fingerprint density at radius 3 is 2.58 bits per heavy atom. The van der Waals surface area contributed by atoms with E-state index >= 15 is 0 Å². The minimum absolute atomic E-state index is 0.0857. The van der Waals surface area contributed by atoms with Crippen LogP contribution < -0.4 is 0 Å². The Kier molecular flexibility index (Phi) is 5.24. The molecule has 0 fully saturated rings. The maximum atomic E-state index is 12.7. The minimum Gasteiger partial charge on any atom is -0.507 e. The Labute approximate surface area is 178 Å². The Morgan fingerprint density at radius 1 is 1.16 bits per heavy atom. The van der Waals surface area contributed by atoms with Crippen LogP contribution in [0.4, 0.5) is 0 Å². The number of aliphatic hydroxyl groups excluding tert-OH is 1. The lowest BCUT2D eigenvalue weighted by atomic mass is 10.2. The van der Waals surface area contributed by atoms with Crippen molar-refractivity contribution < 1.29 is 14.6 Å². The van der Waals surface area contributed by atoms with E-state index < -0.39 is 12.6 Å². The second kappa shape index (κ2) is 8.16. The fourth-order valence-electron chi connectivity index (χ4n) is 3.36. The molecule has 154 valence electrons. The van der Waals surface area contributed by atoms with Crippen molar-refractivity contribution in [3.63, 3.8) is 0 Å². The molecule has 0 aliphatic rings. The zero-order chi connectivity index (χ0) is 22.0. The summed E-state index contributed by atoms with van der Waals surface area (Å²) in [5.74, 6) is -0.812. The Hall–Kier alpha value is -4.38. The van der Waals surface area contributed by atoms with Crippen molar-refractivity contribution in [3.05, 3.63) is 83.1 Å². The molecule has 0 spiro atoms. The average Bonchev–Trinajstić information content (AvgIpc) is 3.33. The molecule has 2 aromatic heterocycles. The Balaban J connectivity index is 1.56. The maximum Gasteiger partial charge on any atom is 0.342 e. The van der Waals surface area contributed by atoms with Gasteiger partial charge in [-0.2, -0.15) is 10.4 Å². The van der Waals surface area contributed by atoms with Crippen molar-refractivity contribution in [2.45, 2.75) is 13.8 Å². The third-order valence-electron chi connectivity index (χ3n) is 4.86. The first-order valence-electron chi connectivity index (χ1n) is 9.55. The molecule has 2 aromatic carbocycles. The van der Waals surface area contributed by atoms with E-state index in [0.717, 1.165) is 11.2 Å². The molecule has 0 aliphatic carbocycles. The second-order valence-electron chi connectivity index (χ2n) is 6.91. The molecule has 8 nitrogen and oxygen atoms in total. The summed E-state index contributed by atoms with van der Waals surface area (Å²) in [5, 5.41) is 24.3. The van der Waals surface area contributed by atoms with Gasteiger partial charge in [0.15, 0.2) is 11.6 Å². The van der Waals surface area contributed by atoms with Gasteiger partial charge in [-0.15, -0.1) is 0 Å². The summed E-state index contributed by atoms with van der Waals surface area (Å²) in [7, 11) is 0. The highest BCUT2D eigenvalue weighted by molar-refractivity contribution is 5.92. The van der Waals surface area contributed by atoms with Gasteiger partial charge < -0.3 is 14.8 Å². The first-order chi connectivity index (χ1) is 15.0. The summed E-state index contributed by atoms with van der Waals surface area (Å²) < 4.78 is 6.95. The van der Waals surface area contributed by atoms with Crippen LogP contribution in [0.1, 0.15) is 27.6 Å². The molecule has 2 heterocycles. The van der Waals surface area contributed by atoms with Crippen molar-refractivity contribution in [2.24, 2.45) is 0 Å². The van der Waals surface area contributed by atoms with E-state index in [9.17, 15) is 15.2 Å². The number of nitrogens with zero attached hydrogens (tertiary/aromatic N) is 4. The molecule has 2 N–H and O–H groups in total. The summed E-state index contributed by atoms with van der Waals surface area (Å²) in [4.78, 5) is 20.0. The second-order valence-corrected chi connectivity index (χ2v) is 6.91. The molecule has 0 atom stereocenters. The molecule has 4 rings (SSSR count). The van der Waals surface area contributed by atoms with Gasteiger partial charge in [-0.3, -0.25) is 0 Å². The largest absolute Gasteiger partial charge is 0.507 e. The smallest absolute Gasteiger partial charge is 0.342 e. The third kappa shape index (κ3) is 3.76. The number of allylic oxidation sites excluding steroid dienone is 1. The van der Waals surface area contributed by atoms with Crippen LogP contribution in [0.5, 0.6) is 0 Å². The Bertz CT molecular complexity index is 1310. The summed E-state index contributed by atoms with van der Waals surface area (Å²) in [6.45, 7) is 3.02. The highest BCUT2D eigenvalue weighted by Crippen LogP contribution is 2.21. The van der Waals surface area contributed by atoms with Gasteiger partial charge in [-0.1, -0.05) is 30.3 Å². The number of nitriles is 1. The number of benzene rings is 2. The molecule has 0 radical (unpaired) electrons. The molecule has 0 unspecified atom stereocenters. The highest BCUT2D eigenvalue weighted by Gasteiger charge is 2.22. The number of hydrogen-bond acceptors (Lipinski definition) is 6. The number of hydrogen-bond donors (Lipinski definition) is 2. The van der Waals surface area contributed by atoms with E-state index in [0.29, 0.717) is 22.5 Å². The number of rotatable bonds is 5. The van der Waals surface area contributed by atoms with Gasteiger partial charge in [-0.05, 0) is 38.1 Å². The topological polar surface area (TPSA) is 117 Å². The molecule has 0 amide bonds. The lowest BCUT2D eigenvalue weighted by Gasteiger charge is -2.07. The number of aryl methyl sites for hydroxylation is 1. The summed E-state index contributed by atoms with van der Waals surface area (Å²) in [6.07, 6.45) is 0. The standard InChI is InChI=1S/C23H19N5O3/c1-14-21(15(2)28(27-14)16-8-4-3-5-9-16)23(30)31-13-20(29)17(12-24)22-25-18-10-6-7-11-19(18)26-22/h3-11,29H,13H2,1-2H3,(H,25,26)/b20-17-. The molecule has 0 saturated heterocycles. The average molecular weight is 413 g/mol. The van der Waals surface area contributed by atoms with Gasteiger partial charge in [0.1, 0.15) is 23.8 Å². The van der Waals surface area contributed by atoms with Crippen molar-refractivity contribution in [3.8, 4) is 11.8 Å². The molecule has 4 aromatic rings. The molecular weight excluding hydrogens is 394 g/mol. The third-order valence-corrected chi connectivity index (χ3v) is 4.86. The van der Waals surface area contributed by atoms with Crippen LogP contribution >= 0.6 is 0 Å². The lowest BCUT2D eigenvalue weighted by molar-refractivity contribution is 0.0501. The van der Waals surface area contributed by atoms with Gasteiger partial charge in [-0.25, -0.2) is 14.5 Å². The molecule has 31 heavy (non-hydrogen) atoms. The van der Waals surface area contributed by atoms with E-state index in [1.54, 1.807) is 24.6 Å². The normalized spacial score (nSPS) is 11.8. The van der Waals surface area contributed by atoms with Crippen LogP contribution in [-0.2, 0) is 4.74 Å². The van der Waals surface area contributed by atoms with Gasteiger partial charge in [0.05, 0.1) is 28.1 Å². The lowest BCUT2D eigenvalue weighted by Crippen LogP contribution is -2.11. The zero-order valence-electron chi connectivity index (χ0n) is 17.0. The number of imidazole rings is 1.